The van der Waals surface area contributed by atoms with Gasteiger partial charge in [-0.25, -0.2) is 12.1 Å². The molecule has 0 aliphatic rings. The van der Waals surface area contributed by atoms with Gasteiger partial charge in [0.15, 0.2) is 0 Å². The fourth-order valence-electron chi connectivity index (χ4n) is 1.73. The summed E-state index contributed by atoms with van der Waals surface area (Å²) in [5.74, 6) is 0. The van der Waals surface area contributed by atoms with E-state index >= 15 is 0 Å². The standard InChI is InChI=1S/C10H15.C5H5.Fe/c1-6-7(2)9(4)10(5)8(6)3;1-2-4-5-3-1;/h1-5H3;1-5H;/q2*-1;. The van der Waals surface area contributed by atoms with Gasteiger partial charge in [0.25, 0.3) is 0 Å². The van der Waals surface area contributed by atoms with Gasteiger partial charge >= 0.3 is 0 Å². The molecule has 0 amide bonds. The normalized spacial score (nSPS) is 9.06. The first-order chi connectivity index (χ1) is 7.05. The molecule has 2 aromatic rings. The molecule has 0 bridgehead atoms. The van der Waals surface area contributed by atoms with Crippen LogP contribution in [0.1, 0.15) is 27.8 Å². The fourth-order valence-corrected chi connectivity index (χ4v) is 1.73. The van der Waals surface area contributed by atoms with E-state index in [1.807, 2.05) is 30.3 Å². The molecule has 0 radical (unpaired) electrons. The monoisotopic (exact) mass is 256 g/mol. The van der Waals surface area contributed by atoms with Gasteiger partial charge < -0.3 is 0 Å². The number of hydrogen-bond donors (Lipinski definition) is 0. The fraction of sp³-hybridized carbons (Fsp3) is 0.333. The van der Waals surface area contributed by atoms with Crippen molar-refractivity contribution in [3.63, 3.8) is 0 Å². The van der Waals surface area contributed by atoms with Crippen LogP contribution in [0.5, 0.6) is 0 Å². The predicted octanol–water partition coefficient (Wildman–Crippen LogP) is 4.35. The summed E-state index contributed by atoms with van der Waals surface area (Å²) in [4.78, 5) is 0. The molecule has 2 rings (SSSR count). The Labute approximate surface area is 110 Å². The largest absolute Gasteiger partial charge is 0.214 e. The minimum Gasteiger partial charge on any atom is -0.214 e. The summed E-state index contributed by atoms with van der Waals surface area (Å²) in [6.45, 7) is 11.0. The third-order valence-corrected chi connectivity index (χ3v) is 3.37. The molecule has 0 saturated heterocycles. The van der Waals surface area contributed by atoms with Crippen molar-refractivity contribution in [3.05, 3.63) is 58.1 Å². The second-order valence-corrected chi connectivity index (χ2v) is 4.09. The van der Waals surface area contributed by atoms with E-state index in [1.54, 1.807) is 0 Å². The molecule has 16 heavy (non-hydrogen) atoms. The molecular formula is C15H20Fe-2. The van der Waals surface area contributed by atoms with E-state index in [-0.39, 0.29) is 17.1 Å². The molecule has 0 aliphatic carbocycles. The van der Waals surface area contributed by atoms with Crippen LogP contribution in [0.15, 0.2) is 30.3 Å². The summed E-state index contributed by atoms with van der Waals surface area (Å²) in [6.07, 6.45) is 0. The zero-order chi connectivity index (χ0) is 11.4. The second-order valence-electron chi connectivity index (χ2n) is 4.09. The predicted molar refractivity (Wildman–Crippen MR) is 67.8 cm³/mol. The third kappa shape index (κ3) is 3.37. The molecular weight excluding hydrogens is 236 g/mol. The number of hydrogen-bond acceptors (Lipinski definition) is 0. The van der Waals surface area contributed by atoms with E-state index < -0.39 is 0 Å². The van der Waals surface area contributed by atoms with Crippen LogP contribution in [0.25, 0.3) is 0 Å². The van der Waals surface area contributed by atoms with Crippen LogP contribution < -0.4 is 0 Å². The number of rotatable bonds is 0. The van der Waals surface area contributed by atoms with Crippen molar-refractivity contribution in [3.8, 4) is 0 Å². The molecule has 0 aromatic heterocycles. The third-order valence-electron chi connectivity index (χ3n) is 3.37. The zero-order valence-corrected chi connectivity index (χ0v) is 11.8. The molecule has 0 nitrogen and oxygen atoms in total. The summed E-state index contributed by atoms with van der Waals surface area (Å²) in [7, 11) is 0. The Morgan fingerprint density at radius 1 is 0.875 bits per heavy atom. The minimum absolute atomic E-state index is 0. The summed E-state index contributed by atoms with van der Waals surface area (Å²) in [5, 5.41) is 0. The Balaban J connectivity index is 0.000000318. The summed E-state index contributed by atoms with van der Waals surface area (Å²) in [6, 6.07) is 10.0. The Bertz CT molecular complexity index is 308. The molecule has 90 valence electrons. The zero-order valence-electron chi connectivity index (χ0n) is 10.7. The van der Waals surface area contributed by atoms with E-state index in [2.05, 4.69) is 34.6 Å². The van der Waals surface area contributed by atoms with Crippen molar-refractivity contribution in [2.24, 2.45) is 0 Å². The maximum Gasteiger partial charge on any atom is 0 e. The van der Waals surface area contributed by atoms with Crippen LogP contribution in [0.4, 0.5) is 0 Å². The van der Waals surface area contributed by atoms with Gasteiger partial charge in [0.05, 0.1) is 0 Å². The second kappa shape index (κ2) is 6.73. The first-order valence-electron chi connectivity index (χ1n) is 5.42. The summed E-state index contributed by atoms with van der Waals surface area (Å²) in [5.41, 5.74) is 7.34. The van der Waals surface area contributed by atoms with Gasteiger partial charge in [-0.2, -0.15) is 46.0 Å². The Morgan fingerprint density at radius 2 is 1.25 bits per heavy atom. The van der Waals surface area contributed by atoms with E-state index in [1.165, 1.54) is 27.8 Å². The molecule has 0 unspecified atom stereocenters. The summed E-state index contributed by atoms with van der Waals surface area (Å²) >= 11 is 0. The topological polar surface area (TPSA) is 0 Å². The first-order valence-corrected chi connectivity index (χ1v) is 5.42. The minimum atomic E-state index is 0. The molecule has 1 heteroatoms. The van der Waals surface area contributed by atoms with Crippen molar-refractivity contribution in [1.29, 1.82) is 0 Å². The van der Waals surface area contributed by atoms with Gasteiger partial charge in [-0.05, 0) is 0 Å². The van der Waals surface area contributed by atoms with E-state index in [0.29, 0.717) is 0 Å². The van der Waals surface area contributed by atoms with E-state index in [9.17, 15) is 0 Å². The van der Waals surface area contributed by atoms with Crippen LogP contribution in [0, 0.1) is 34.6 Å². The van der Waals surface area contributed by atoms with Gasteiger partial charge in [0.2, 0.25) is 0 Å². The van der Waals surface area contributed by atoms with Crippen LogP contribution in [0.2, 0.25) is 0 Å². The van der Waals surface area contributed by atoms with E-state index in [4.69, 9.17) is 0 Å². The van der Waals surface area contributed by atoms with Crippen LogP contribution in [0.3, 0.4) is 0 Å². The van der Waals surface area contributed by atoms with Crippen molar-refractivity contribution in [2.75, 3.05) is 0 Å². The molecule has 0 aliphatic heterocycles. The van der Waals surface area contributed by atoms with Gasteiger partial charge in [-0.15, -0.1) is 0 Å². The van der Waals surface area contributed by atoms with Gasteiger partial charge in [-0.3, -0.25) is 0 Å². The molecule has 0 heterocycles. The Kier molecular flexibility index (Phi) is 6.40. The Hall–Kier alpha value is -0.781. The van der Waals surface area contributed by atoms with Gasteiger partial charge in [0.1, 0.15) is 0 Å². The molecule has 0 atom stereocenters. The van der Waals surface area contributed by atoms with Gasteiger partial charge in [0, 0.05) is 17.1 Å². The van der Waals surface area contributed by atoms with Crippen molar-refractivity contribution < 1.29 is 17.1 Å². The first kappa shape index (κ1) is 15.2. The van der Waals surface area contributed by atoms with Gasteiger partial charge in [-0.1, -0.05) is 34.6 Å². The quantitative estimate of drug-likeness (QED) is 0.485. The van der Waals surface area contributed by atoms with Crippen LogP contribution in [-0.2, 0) is 17.1 Å². The van der Waals surface area contributed by atoms with Crippen molar-refractivity contribution in [1.82, 2.24) is 0 Å². The smallest absolute Gasteiger partial charge is 0 e. The maximum atomic E-state index is 2.20. The van der Waals surface area contributed by atoms with Crippen molar-refractivity contribution >= 4 is 0 Å². The molecule has 2 aromatic carbocycles. The molecule has 0 spiro atoms. The van der Waals surface area contributed by atoms with Crippen molar-refractivity contribution in [2.45, 2.75) is 34.6 Å². The van der Waals surface area contributed by atoms with E-state index in [0.717, 1.165) is 0 Å². The molecule has 0 N–H and O–H groups in total. The van der Waals surface area contributed by atoms with Crippen LogP contribution in [-0.4, -0.2) is 0 Å². The average Bonchev–Trinajstić information content (AvgIpc) is 2.86. The molecule has 0 saturated carbocycles. The maximum absolute atomic E-state index is 2.20. The van der Waals surface area contributed by atoms with Crippen LogP contribution >= 0.6 is 0 Å². The SMILES string of the molecule is Cc1c(C)c(C)[c-](C)c1C.[Fe].c1cc[cH-]c1. The average molecular weight is 256 g/mol. The summed E-state index contributed by atoms with van der Waals surface area (Å²) < 4.78 is 0. The Morgan fingerprint density at radius 3 is 1.38 bits per heavy atom. The molecule has 0 fully saturated rings.